The van der Waals surface area contributed by atoms with Crippen LogP contribution in [0.2, 0.25) is 0 Å². The monoisotopic (exact) mass is 458 g/mol. The third-order valence-electron chi connectivity index (χ3n) is 6.56. The van der Waals surface area contributed by atoms with E-state index in [1.165, 1.54) is 24.4 Å². The number of anilines is 2. The van der Waals surface area contributed by atoms with Crippen molar-refractivity contribution in [3.63, 3.8) is 0 Å². The van der Waals surface area contributed by atoms with Crippen LogP contribution in [0.3, 0.4) is 0 Å². The van der Waals surface area contributed by atoms with Gasteiger partial charge in [0.05, 0.1) is 11.8 Å². The Labute approximate surface area is 192 Å². The molecule has 0 N–H and O–H groups in total. The van der Waals surface area contributed by atoms with Crippen LogP contribution >= 0.6 is 11.5 Å². The van der Waals surface area contributed by atoms with E-state index >= 15 is 0 Å². The van der Waals surface area contributed by atoms with Gasteiger partial charge in [0.1, 0.15) is 4.88 Å². The first kappa shape index (κ1) is 21.5. The summed E-state index contributed by atoms with van der Waals surface area (Å²) < 4.78 is 9.65. The number of aromatic nitrogens is 4. The van der Waals surface area contributed by atoms with Crippen molar-refractivity contribution >= 4 is 29.1 Å². The number of aryl methyl sites for hydroxylation is 1. The van der Waals surface area contributed by atoms with E-state index in [2.05, 4.69) is 46.6 Å². The average molecular weight is 459 g/mol. The second kappa shape index (κ2) is 9.63. The Balaban J connectivity index is 1.11. The quantitative estimate of drug-likeness (QED) is 0.648. The lowest BCUT2D eigenvalue weighted by Gasteiger charge is -2.37. The van der Waals surface area contributed by atoms with E-state index in [0.717, 1.165) is 64.1 Å². The van der Waals surface area contributed by atoms with Crippen molar-refractivity contribution in [3.05, 3.63) is 22.7 Å². The molecule has 0 radical (unpaired) electrons. The Hall–Kier alpha value is -2.37. The third kappa shape index (κ3) is 4.69. The first-order chi connectivity index (χ1) is 15.7. The molecule has 0 spiro atoms. The zero-order valence-electron chi connectivity index (χ0n) is 18.5. The normalized spacial score (nSPS) is 22.5. The highest BCUT2D eigenvalue weighted by Crippen LogP contribution is 2.20. The number of piperazine rings is 2. The van der Waals surface area contributed by atoms with Crippen molar-refractivity contribution in [2.75, 3.05) is 75.3 Å². The lowest BCUT2D eigenvalue weighted by Crippen LogP contribution is -2.49. The Bertz CT molecular complexity index is 901. The number of rotatable bonds is 5. The minimum absolute atomic E-state index is 0.0252. The predicted molar refractivity (Wildman–Crippen MR) is 122 cm³/mol. The van der Waals surface area contributed by atoms with Gasteiger partial charge in [-0.05, 0) is 43.4 Å². The number of nitrogens with zero attached hydrogens (tertiary/aromatic N) is 8. The zero-order valence-corrected chi connectivity index (χ0v) is 19.3. The summed E-state index contributed by atoms with van der Waals surface area (Å²) in [6.07, 6.45) is 2.80. The second-order valence-electron chi connectivity index (χ2n) is 8.64. The highest BCUT2D eigenvalue weighted by atomic mass is 32.1. The summed E-state index contributed by atoms with van der Waals surface area (Å²) in [7, 11) is 0. The van der Waals surface area contributed by atoms with E-state index < -0.39 is 0 Å². The van der Waals surface area contributed by atoms with Gasteiger partial charge in [0.15, 0.2) is 11.6 Å². The number of hydrogen-bond donors (Lipinski definition) is 0. The van der Waals surface area contributed by atoms with E-state index in [-0.39, 0.29) is 5.91 Å². The van der Waals surface area contributed by atoms with Crippen LogP contribution in [-0.2, 0) is 4.74 Å². The van der Waals surface area contributed by atoms with Gasteiger partial charge in [-0.1, -0.05) is 4.49 Å². The molecule has 0 saturated carbocycles. The minimum Gasteiger partial charge on any atom is -0.377 e. The van der Waals surface area contributed by atoms with Gasteiger partial charge >= 0.3 is 0 Å². The molecule has 3 saturated heterocycles. The Morgan fingerprint density at radius 3 is 2.19 bits per heavy atom. The van der Waals surface area contributed by atoms with Crippen LogP contribution in [0.1, 0.15) is 28.2 Å². The maximum absolute atomic E-state index is 12.7. The fourth-order valence-electron chi connectivity index (χ4n) is 4.60. The molecule has 1 amide bonds. The number of amides is 1. The fourth-order valence-corrected chi connectivity index (χ4v) is 5.23. The Morgan fingerprint density at radius 2 is 1.66 bits per heavy atom. The third-order valence-corrected chi connectivity index (χ3v) is 7.37. The molecule has 32 heavy (non-hydrogen) atoms. The van der Waals surface area contributed by atoms with Crippen LogP contribution in [0.4, 0.5) is 11.6 Å². The second-order valence-corrected chi connectivity index (χ2v) is 9.39. The maximum atomic E-state index is 12.7. The first-order valence-electron chi connectivity index (χ1n) is 11.4. The van der Waals surface area contributed by atoms with E-state index in [1.807, 2.05) is 11.8 Å². The van der Waals surface area contributed by atoms with Crippen LogP contribution < -0.4 is 9.80 Å². The van der Waals surface area contributed by atoms with Crippen molar-refractivity contribution in [2.24, 2.45) is 0 Å². The topological polar surface area (TPSA) is 90.8 Å². The molecular weight excluding hydrogens is 428 g/mol. The van der Waals surface area contributed by atoms with Crippen LogP contribution in [0.25, 0.3) is 0 Å². The van der Waals surface area contributed by atoms with Crippen molar-refractivity contribution in [3.8, 4) is 0 Å². The number of carbonyl (C=O) groups is 1. The molecule has 3 aliphatic heterocycles. The molecule has 0 aromatic carbocycles. The molecule has 3 fully saturated rings. The molecule has 1 atom stereocenters. The van der Waals surface area contributed by atoms with E-state index in [4.69, 9.17) is 4.74 Å². The summed E-state index contributed by atoms with van der Waals surface area (Å²) in [5.74, 6) is 1.83. The summed E-state index contributed by atoms with van der Waals surface area (Å²) in [5, 5.41) is 12.9. The van der Waals surface area contributed by atoms with Crippen molar-refractivity contribution < 1.29 is 9.53 Å². The summed E-state index contributed by atoms with van der Waals surface area (Å²) in [4.78, 5) is 22.2. The molecule has 2 aromatic heterocycles. The average Bonchev–Trinajstić information content (AvgIpc) is 3.51. The molecule has 2 aromatic rings. The molecule has 10 nitrogen and oxygen atoms in total. The van der Waals surface area contributed by atoms with Crippen LogP contribution in [0.15, 0.2) is 12.1 Å². The maximum Gasteiger partial charge on any atom is 0.267 e. The molecule has 0 bridgehead atoms. The van der Waals surface area contributed by atoms with Gasteiger partial charge in [-0.15, -0.1) is 15.3 Å². The summed E-state index contributed by atoms with van der Waals surface area (Å²) in [5.41, 5.74) is 0.705. The largest absolute Gasteiger partial charge is 0.377 e. The van der Waals surface area contributed by atoms with Gasteiger partial charge in [-0.25, -0.2) is 0 Å². The summed E-state index contributed by atoms with van der Waals surface area (Å²) in [6, 6.07) is 4.12. The van der Waals surface area contributed by atoms with Gasteiger partial charge in [-0.3, -0.25) is 9.69 Å². The van der Waals surface area contributed by atoms with Gasteiger partial charge in [-0.2, -0.15) is 0 Å². The smallest absolute Gasteiger partial charge is 0.267 e. The van der Waals surface area contributed by atoms with Gasteiger partial charge < -0.3 is 19.4 Å². The Morgan fingerprint density at radius 1 is 1.00 bits per heavy atom. The molecule has 5 heterocycles. The van der Waals surface area contributed by atoms with Gasteiger partial charge in [0.2, 0.25) is 0 Å². The van der Waals surface area contributed by atoms with Gasteiger partial charge in [0.25, 0.3) is 5.91 Å². The lowest BCUT2D eigenvalue weighted by molar-refractivity contribution is 0.0712. The highest BCUT2D eigenvalue weighted by Gasteiger charge is 2.26. The minimum atomic E-state index is 0.0252. The molecule has 11 heteroatoms. The standard InChI is InChI=1S/C21H30N8O2S/c1-16-20(32-25-22-16)21(30)29-12-10-28(11-13-29)19-5-4-18(23-24-19)27-8-6-26(7-9-27)15-17-3-2-14-31-17/h4-5,17H,2-3,6-15H2,1H3. The number of hydrogen-bond acceptors (Lipinski definition) is 10. The SMILES string of the molecule is Cc1nnsc1C(=O)N1CCN(c2ccc(N3CCN(CC4CCCO4)CC3)nn2)CC1. The van der Waals surface area contributed by atoms with E-state index in [1.54, 1.807) is 0 Å². The molecule has 1 unspecified atom stereocenters. The van der Waals surface area contributed by atoms with Crippen LogP contribution in [0, 0.1) is 6.92 Å². The zero-order chi connectivity index (χ0) is 21.9. The Kier molecular flexibility index (Phi) is 6.47. The molecule has 3 aliphatic rings. The molecule has 5 rings (SSSR count). The number of ether oxygens (including phenoxy) is 1. The van der Waals surface area contributed by atoms with Gasteiger partial charge in [0, 0.05) is 65.5 Å². The van der Waals surface area contributed by atoms with Crippen LogP contribution in [0.5, 0.6) is 0 Å². The van der Waals surface area contributed by atoms with Crippen molar-refractivity contribution in [1.82, 2.24) is 29.6 Å². The molecule has 0 aliphatic carbocycles. The lowest BCUT2D eigenvalue weighted by atomic mass is 10.2. The van der Waals surface area contributed by atoms with E-state index in [0.29, 0.717) is 29.8 Å². The number of carbonyl (C=O) groups excluding carboxylic acids is 1. The van der Waals surface area contributed by atoms with Crippen molar-refractivity contribution in [2.45, 2.75) is 25.9 Å². The molecular formula is C21H30N8O2S. The summed E-state index contributed by atoms with van der Waals surface area (Å²) >= 11 is 1.17. The van der Waals surface area contributed by atoms with Crippen molar-refractivity contribution in [1.29, 1.82) is 0 Å². The van der Waals surface area contributed by atoms with Crippen LogP contribution in [-0.4, -0.2) is 107 Å². The molecule has 172 valence electrons. The highest BCUT2D eigenvalue weighted by molar-refractivity contribution is 7.07. The fraction of sp³-hybridized carbons (Fsp3) is 0.667. The predicted octanol–water partition coefficient (Wildman–Crippen LogP) is 0.900. The summed E-state index contributed by atoms with van der Waals surface area (Å²) in [6.45, 7) is 10.6. The van der Waals surface area contributed by atoms with E-state index in [9.17, 15) is 4.79 Å². The first-order valence-corrected chi connectivity index (χ1v) is 12.2.